The van der Waals surface area contributed by atoms with Gasteiger partial charge in [-0.15, -0.1) is 0 Å². The number of hydrogen-bond donors (Lipinski definition) is 0. The lowest BCUT2D eigenvalue weighted by molar-refractivity contribution is -0.142. The molecule has 1 saturated heterocycles. The van der Waals surface area contributed by atoms with Gasteiger partial charge in [-0.05, 0) is 12.0 Å². The van der Waals surface area contributed by atoms with Gasteiger partial charge in [0.1, 0.15) is 18.0 Å². The van der Waals surface area contributed by atoms with E-state index >= 15 is 0 Å². The van der Waals surface area contributed by atoms with E-state index in [1.807, 2.05) is 6.08 Å². The van der Waals surface area contributed by atoms with E-state index in [0.717, 1.165) is 24.8 Å². The molecule has 1 aliphatic carbocycles. The van der Waals surface area contributed by atoms with E-state index in [1.54, 1.807) is 0 Å². The van der Waals surface area contributed by atoms with Gasteiger partial charge in [0.2, 0.25) is 0 Å². The fourth-order valence-electron chi connectivity index (χ4n) is 3.13. The zero-order valence-corrected chi connectivity index (χ0v) is 12.4. The maximum atomic E-state index is 11.8. The number of Topliss-reactive ketones (excluding diaryl/α,β-unsaturated/α-hetero) is 1. The molecule has 0 radical (unpaired) electrons. The summed E-state index contributed by atoms with van der Waals surface area (Å²) in [4.78, 5) is 33.8. The lowest BCUT2D eigenvalue weighted by Crippen LogP contribution is -2.14. The molecule has 3 atom stereocenters. The Balaban J connectivity index is 1.96. The lowest BCUT2D eigenvalue weighted by Gasteiger charge is -2.12. The maximum Gasteiger partial charge on any atom is 0.306 e. The highest BCUT2D eigenvalue weighted by atomic mass is 16.6. The van der Waals surface area contributed by atoms with E-state index in [2.05, 4.69) is 6.92 Å². The van der Waals surface area contributed by atoms with Gasteiger partial charge in [-0.25, -0.2) is 0 Å². The van der Waals surface area contributed by atoms with Crippen LogP contribution in [0.3, 0.4) is 0 Å². The van der Waals surface area contributed by atoms with Gasteiger partial charge in [-0.2, -0.15) is 0 Å². The van der Waals surface area contributed by atoms with Crippen LogP contribution in [0.4, 0.5) is 0 Å². The summed E-state index contributed by atoms with van der Waals surface area (Å²) in [6.45, 7) is 2.52. The number of allylic oxidation sites excluding steroid dienone is 1. The van der Waals surface area contributed by atoms with E-state index in [0.29, 0.717) is 32.2 Å². The SMILES string of the molecule is CCCCCC(=O)CC=C1[C@H]2CC(=O)OC2C[C@H]1OC=O. The van der Waals surface area contributed by atoms with Crippen LogP contribution in [0.2, 0.25) is 0 Å². The number of esters is 1. The highest BCUT2D eigenvalue weighted by Gasteiger charge is 2.47. The number of rotatable bonds is 8. The summed E-state index contributed by atoms with van der Waals surface area (Å²) in [5.74, 6) is -0.0601. The monoisotopic (exact) mass is 294 g/mol. The van der Waals surface area contributed by atoms with E-state index in [-0.39, 0.29) is 29.9 Å². The van der Waals surface area contributed by atoms with Crippen LogP contribution in [0.25, 0.3) is 0 Å². The molecule has 2 rings (SSSR count). The number of hydrogen-bond acceptors (Lipinski definition) is 5. The zero-order valence-electron chi connectivity index (χ0n) is 12.4. The smallest absolute Gasteiger partial charge is 0.306 e. The normalized spacial score (nSPS) is 29.3. The Morgan fingerprint density at radius 1 is 1.43 bits per heavy atom. The Morgan fingerprint density at radius 3 is 2.95 bits per heavy atom. The summed E-state index contributed by atoms with van der Waals surface area (Å²) in [6.07, 6.45) is 6.10. The van der Waals surface area contributed by atoms with Gasteiger partial charge in [0.05, 0.1) is 6.42 Å². The molecular weight excluding hydrogens is 272 g/mol. The van der Waals surface area contributed by atoms with Gasteiger partial charge in [0.15, 0.2) is 0 Å². The summed E-state index contributed by atoms with van der Waals surface area (Å²) in [7, 11) is 0. The number of carbonyl (C=O) groups is 3. The van der Waals surface area contributed by atoms with Crippen LogP contribution in [0, 0.1) is 5.92 Å². The molecule has 1 unspecified atom stereocenters. The van der Waals surface area contributed by atoms with Gasteiger partial charge >= 0.3 is 5.97 Å². The van der Waals surface area contributed by atoms with Crippen molar-refractivity contribution < 1.29 is 23.9 Å². The van der Waals surface area contributed by atoms with Gasteiger partial charge in [0, 0.05) is 25.2 Å². The van der Waals surface area contributed by atoms with Crippen molar-refractivity contribution in [2.75, 3.05) is 0 Å². The molecule has 116 valence electrons. The summed E-state index contributed by atoms with van der Waals surface area (Å²) in [5, 5.41) is 0. The van der Waals surface area contributed by atoms with Gasteiger partial charge in [0.25, 0.3) is 6.47 Å². The maximum absolute atomic E-state index is 11.8. The molecular formula is C16H22O5. The van der Waals surface area contributed by atoms with Crippen molar-refractivity contribution in [1.82, 2.24) is 0 Å². The minimum atomic E-state index is -0.353. The average molecular weight is 294 g/mol. The van der Waals surface area contributed by atoms with Crippen molar-refractivity contribution in [2.24, 2.45) is 5.92 Å². The van der Waals surface area contributed by atoms with E-state index in [4.69, 9.17) is 9.47 Å². The highest BCUT2D eigenvalue weighted by Crippen LogP contribution is 2.42. The second kappa shape index (κ2) is 7.38. The van der Waals surface area contributed by atoms with Crippen molar-refractivity contribution in [2.45, 2.75) is 64.1 Å². The Labute approximate surface area is 124 Å². The summed E-state index contributed by atoms with van der Waals surface area (Å²) in [6, 6.07) is 0. The third kappa shape index (κ3) is 3.93. The molecule has 21 heavy (non-hydrogen) atoms. The molecule has 0 aromatic heterocycles. The molecule has 0 aromatic carbocycles. The first-order chi connectivity index (χ1) is 10.2. The average Bonchev–Trinajstić information content (AvgIpc) is 2.93. The minimum Gasteiger partial charge on any atom is -0.462 e. The quantitative estimate of drug-likeness (QED) is 0.297. The first-order valence-corrected chi connectivity index (χ1v) is 7.66. The minimum absolute atomic E-state index is 0.0362. The number of fused-ring (bicyclic) bond motifs is 1. The summed E-state index contributed by atoms with van der Waals surface area (Å²) >= 11 is 0. The van der Waals surface area contributed by atoms with Crippen molar-refractivity contribution >= 4 is 18.2 Å². The molecule has 0 aromatic rings. The molecule has 2 aliphatic rings. The predicted molar refractivity (Wildman–Crippen MR) is 75.4 cm³/mol. The van der Waals surface area contributed by atoms with Crippen molar-refractivity contribution in [1.29, 1.82) is 0 Å². The molecule has 0 N–H and O–H groups in total. The predicted octanol–water partition coefficient (Wildman–Crippen LogP) is 2.33. The standard InChI is InChI=1S/C16H22O5/c1-2-3-4-5-11(18)6-7-12-13-8-16(19)21-15(13)9-14(12)20-10-17/h7,10,13-15H,2-6,8-9H2,1H3/t13-,14-,15?/m1/s1. The molecule has 0 amide bonds. The van der Waals surface area contributed by atoms with Crippen LogP contribution in [-0.2, 0) is 23.9 Å². The van der Waals surface area contributed by atoms with E-state index < -0.39 is 0 Å². The molecule has 5 nitrogen and oxygen atoms in total. The van der Waals surface area contributed by atoms with Crippen LogP contribution in [0.1, 0.15) is 51.9 Å². The topological polar surface area (TPSA) is 69.7 Å². The number of ketones is 1. The largest absolute Gasteiger partial charge is 0.462 e. The molecule has 2 fully saturated rings. The molecule has 1 saturated carbocycles. The molecule has 1 aliphatic heterocycles. The second-order valence-corrected chi connectivity index (χ2v) is 5.70. The third-order valence-corrected chi connectivity index (χ3v) is 4.21. The Kier molecular flexibility index (Phi) is 5.53. The third-order valence-electron chi connectivity index (χ3n) is 4.21. The molecule has 0 spiro atoms. The second-order valence-electron chi connectivity index (χ2n) is 5.70. The number of carbonyl (C=O) groups excluding carboxylic acids is 3. The Bertz CT molecular complexity index is 440. The highest BCUT2D eigenvalue weighted by molar-refractivity contribution is 5.80. The summed E-state index contributed by atoms with van der Waals surface area (Å²) in [5.41, 5.74) is 0.877. The van der Waals surface area contributed by atoms with Crippen LogP contribution in [0.5, 0.6) is 0 Å². The van der Waals surface area contributed by atoms with Crippen LogP contribution in [-0.4, -0.2) is 30.4 Å². The molecule has 1 heterocycles. The Hall–Kier alpha value is -1.65. The fourth-order valence-corrected chi connectivity index (χ4v) is 3.13. The molecule has 0 bridgehead atoms. The first-order valence-electron chi connectivity index (χ1n) is 7.66. The van der Waals surface area contributed by atoms with Crippen LogP contribution in [0.15, 0.2) is 11.6 Å². The van der Waals surface area contributed by atoms with Gasteiger partial charge in [-0.3, -0.25) is 14.4 Å². The molecule has 5 heteroatoms. The van der Waals surface area contributed by atoms with Crippen molar-refractivity contribution in [3.05, 3.63) is 11.6 Å². The number of ether oxygens (including phenoxy) is 2. The number of unbranched alkanes of at least 4 members (excludes halogenated alkanes) is 2. The fraction of sp³-hybridized carbons (Fsp3) is 0.688. The van der Waals surface area contributed by atoms with Gasteiger partial charge in [-0.1, -0.05) is 25.8 Å². The van der Waals surface area contributed by atoms with E-state index in [1.165, 1.54) is 0 Å². The lowest BCUT2D eigenvalue weighted by atomic mass is 9.96. The first kappa shape index (κ1) is 15.7. The van der Waals surface area contributed by atoms with Crippen LogP contribution >= 0.6 is 0 Å². The van der Waals surface area contributed by atoms with Crippen LogP contribution < -0.4 is 0 Å². The van der Waals surface area contributed by atoms with E-state index in [9.17, 15) is 14.4 Å². The van der Waals surface area contributed by atoms with Crippen molar-refractivity contribution in [3.63, 3.8) is 0 Å². The summed E-state index contributed by atoms with van der Waals surface area (Å²) < 4.78 is 10.3. The van der Waals surface area contributed by atoms with Crippen molar-refractivity contribution in [3.8, 4) is 0 Å². The van der Waals surface area contributed by atoms with Gasteiger partial charge < -0.3 is 9.47 Å². The zero-order chi connectivity index (χ0) is 15.2. The Morgan fingerprint density at radius 2 is 2.24 bits per heavy atom.